The fourth-order valence-corrected chi connectivity index (χ4v) is 4.34. The van der Waals surface area contributed by atoms with Gasteiger partial charge < -0.3 is 10.2 Å². The van der Waals surface area contributed by atoms with E-state index in [9.17, 15) is 13.2 Å². The third kappa shape index (κ3) is 3.62. The van der Waals surface area contributed by atoms with Gasteiger partial charge in [-0.3, -0.25) is 4.79 Å². The second-order valence-corrected chi connectivity index (χ2v) is 8.35. The maximum atomic E-state index is 12.7. The van der Waals surface area contributed by atoms with Crippen LogP contribution in [-0.2, 0) is 10.0 Å². The molecule has 1 aromatic carbocycles. The van der Waals surface area contributed by atoms with Crippen molar-refractivity contribution in [3.8, 4) is 0 Å². The van der Waals surface area contributed by atoms with E-state index in [-0.39, 0.29) is 10.8 Å². The predicted octanol–water partition coefficient (Wildman–Crippen LogP) is 1.72. The number of nitrogens with zero attached hydrogens (tertiary/aromatic N) is 2. The Morgan fingerprint density at radius 1 is 1.24 bits per heavy atom. The van der Waals surface area contributed by atoms with Gasteiger partial charge in [0.2, 0.25) is 0 Å². The molecule has 7 heteroatoms. The van der Waals surface area contributed by atoms with Crippen molar-refractivity contribution >= 4 is 15.9 Å². The average Bonchev–Trinajstić information content (AvgIpc) is 3.25. The lowest BCUT2D eigenvalue weighted by molar-refractivity contribution is 0.0787. The molecule has 1 aromatic heterocycles. The standard InChI is InChI=1S/C18H23N3O3S/c1-14-3-5-17(6-4-14)25(23,24)21-10-8-16(13-21)18(22)20-9-7-15(12-20)11-19-2/h3-6,8,10,13,15,19H,7,9,11-12H2,1-2H3. The van der Waals surface area contributed by atoms with E-state index < -0.39 is 10.0 Å². The van der Waals surface area contributed by atoms with Crippen LogP contribution in [0.25, 0.3) is 0 Å². The number of aryl methyl sites for hydroxylation is 1. The molecule has 0 bridgehead atoms. The fourth-order valence-electron chi connectivity index (χ4n) is 3.14. The quantitative estimate of drug-likeness (QED) is 0.880. The van der Waals surface area contributed by atoms with Crippen LogP contribution in [0.15, 0.2) is 47.6 Å². The van der Waals surface area contributed by atoms with Crippen LogP contribution < -0.4 is 5.32 Å². The first-order chi connectivity index (χ1) is 11.9. The molecule has 3 rings (SSSR count). The number of hydrogen-bond donors (Lipinski definition) is 1. The zero-order valence-corrected chi connectivity index (χ0v) is 15.3. The van der Waals surface area contributed by atoms with E-state index in [2.05, 4.69) is 5.32 Å². The molecule has 0 radical (unpaired) electrons. The SMILES string of the molecule is CNCC1CCN(C(=O)c2ccn(S(=O)(=O)c3ccc(C)cc3)c2)C1. The average molecular weight is 361 g/mol. The molecule has 134 valence electrons. The highest BCUT2D eigenvalue weighted by molar-refractivity contribution is 7.90. The number of nitrogens with one attached hydrogen (secondary N) is 1. The van der Waals surface area contributed by atoms with E-state index >= 15 is 0 Å². The van der Waals surface area contributed by atoms with Gasteiger partial charge in [0.25, 0.3) is 15.9 Å². The molecule has 25 heavy (non-hydrogen) atoms. The van der Waals surface area contributed by atoms with Crippen molar-refractivity contribution in [1.82, 2.24) is 14.2 Å². The second kappa shape index (κ2) is 7.01. The van der Waals surface area contributed by atoms with Crippen molar-refractivity contribution in [3.63, 3.8) is 0 Å². The number of amides is 1. The maximum absolute atomic E-state index is 12.7. The summed E-state index contributed by atoms with van der Waals surface area (Å²) in [7, 11) is -1.77. The molecule has 2 aromatic rings. The summed E-state index contributed by atoms with van der Waals surface area (Å²) in [5, 5.41) is 3.13. The highest BCUT2D eigenvalue weighted by Gasteiger charge is 2.27. The Hall–Kier alpha value is -2.12. The van der Waals surface area contributed by atoms with E-state index in [1.54, 1.807) is 35.2 Å². The number of likely N-dealkylation sites (tertiary alicyclic amines) is 1. The van der Waals surface area contributed by atoms with Crippen molar-refractivity contribution in [3.05, 3.63) is 53.9 Å². The van der Waals surface area contributed by atoms with Gasteiger partial charge in [0.05, 0.1) is 10.5 Å². The van der Waals surface area contributed by atoms with Gasteiger partial charge in [0.1, 0.15) is 0 Å². The largest absolute Gasteiger partial charge is 0.338 e. The zero-order chi connectivity index (χ0) is 18.0. The molecule has 1 aliphatic heterocycles. The summed E-state index contributed by atoms with van der Waals surface area (Å²) in [5.41, 5.74) is 1.40. The molecule has 1 fully saturated rings. The van der Waals surface area contributed by atoms with Crippen molar-refractivity contribution in [2.24, 2.45) is 5.92 Å². The van der Waals surface area contributed by atoms with Crippen molar-refractivity contribution in [1.29, 1.82) is 0 Å². The van der Waals surface area contributed by atoms with E-state index in [1.165, 1.54) is 12.4 Å². The van der Waals surface area contributed by atoms with Crippen LogP contribution in [0, 0.1) is 12.8 Å². The number of benzene rings is 1. The Kier molecular flexibility index (Phi) is 4.96. The normalized spacial score (nSPS) is 17.8. The molecule has 1 amide bonds. The first-order valence-electron chi connectivity index (χ1n) is 8.36. The molecule has 2 heterocycles. The van der Waals surface area contributed by atoms with Gasteiger partial charge in [-0.2, -0.15) is 0 Å². The highest BCUT2D eigenvalue weighted by atomic mass is 32.2. The lowest BCUT2D eigenvalue weighted by Gasteiger charge is -2.15. The van der Waals surface area contributed by atoms with Crippen molar-refractivity contribution in [2.45, 2.75) is 18.2 Å². The van der Waals surface area contributed by atoms with Crippen LogP contribution in [0.4, 0.5) is 0 Å². The van der Waals surface area contributed by atoms with Gasteiger partial charge in [-0.1, -0.05) is 17.7 Å². The molecule has 0 spiro atoms. The summed E-state index contributed by atoms with van der Waals surface area (Å²) < 4.78 is 26.5. The molecule has 1 atom stereocenters. The van der Waals surface area contributed by atoms with Gasteiger partial charge in [0, 0.05) is 25.5 Å². The summed E-state index contributed by atoms with van der Waals surface area (Å²) in [6, 6.07) is 8.24. The molecular weight excluding hydrogens is 338 g/mol. The van der Waals surface area contributed by atoms with E-state index in [4.69, 9.17) is 0 Å². The van der Waals surface area contributed by atoms with E-state index in [1.807, 2.05) is 14.0 Å². The number of carbonyl (C=O) groups is 1. The van der Waals surface area contributed by atoms with E-state index in [0.717, 1.165) is 22.5 Å². The van der Waals surface area contributed by atoms with Gasteiger partial charge in [0.15, 0.2) is 0 Å². The molecule has 1 unspecified atom stereocenters. The zero-order valence-electron chi connectivity index (χ0n) is 14.5. The molecule has 1 saturated heterocycles. The van der Waals surface area contributed by atoms with Gasteiger partial charge in [-0.15, -0.1) is 0 Å². The smallest absolute Gasteiger partial charge is 0.267 e. The van der Waals surface area contributed by atoms with Gasteiger partial charge in [-0.25, -0.2) is 12.4 Å². The summed E-state index contributed by atoms with van der Waals surface area (Å²) in [5.74, 6) is 0.337. The number of rotatable bonds is 5. The second-order valence-electron chi connectivity index (χ2n) is 6.51. The Balaban J connectivity index is 1.78. The van der Waals surface area contributed by atoms with E-state index in [0.29, 0.717) is 24.6 Å². The van der Waals surface area contributed by atoms with Crippen LogP contribution in [0.3, 0.4) is 0 Å². The Morgan fingerprint density at radius 3 is 2.64 bits per heavy atom. The Bertz CT molecular complexity index is 856. The summed E-state index contributed by atoms with van der Waals surface area (Å²) in [4.78, 5) is 14.6. The molecule has 0 saturated carbocycles. The summed E-state index contributed by atoms with van der Waals surface area (Å²) in [6.07, 6.45) is 3.81. The minimum Gasteiger partial charge on any atom is -0.338 e. The predicted molar refractivity (Wildman–Crippen MR) is 96.1 cm³/mol. The third-order valence-corrected chi connectivity index (χ3v) is 6.23. The molecule has 1 N–H and O–H groups in total. The number of hydrogen-bond acceptors (Lipinski definition) is 4. The summed E-state index contributed by atoms with van der Waals surface area (Å²) >= 11 is 0. The maximum Gasteiger partial charge on any atom is 0.267 e. The van der Waals surface area contributed by atoms with Crippen LogP contribution in [0.1, 0.15) is 22.3 Å². The van der Waals surface area contributed by atoms with Gasteiger partial charge >= 0.3 is 0 Å². The van der Waals surface area contributed by atoms with Crippen LogP contribution in [-0.4, -0.2) is 49.9 Å². The Labute approximate surface area is 148 Å². The van der Waals surface area contributed by atoms with Crippen LogP contribution >= 0.6 is 0 Å². The summed E-state index contributed by atoms with van der Waals surface area (Å²) in [6.45, 7) is 4.20. The first kappa shape index (κ1) is 17.7. The lowest BCUT2D eigenvalue weighted by atomic mass is 10.1. The highest BCUT2D eigenvalue weighted by Crippen LogP contribution is 2.20. The lowest BCUT2D eigenvalue weighted by Crippen LogP contribution is -2.30. The fraction of sp³-hybridized carbons (Fsp3) is 0.389. The molecule has 1 aliphatic rings. The molecular formula is C18H23N3O3S. The minimum atomic E-state index is -3.68. The first-order valence-corrected chi connectivity index (χ1v) is 9.80. The van der Waals surface area contributed by atoms with Gasteiger partial charge in [-0.05, 0) is 51.1 Å². The molecule has 0 aliphatic carbocycles. The molecule has 6 nitrogen and oxygen atoms in total. The van der Waals surface area contributed by atoms with Crippen molar-refractivity contribution < 1.29 is 13.2 Å². The topological polar surface area (TPSA) is 71.4 Å². The minimum absolute atomic E-state index is 0.114. The number of aromatic nitrogens is 1. The monoisotopic (exact) mass is 361 g/mol. The third-order valence-electron chi connectivity index (χ3n) is 4.58. The van der Waals surface area contributed by atoms with Crippen molar-refractivity contribution in [2.75, 3.05) is 26.7 Å². The number of carbonyl (C=O) groups excluding carboxylic acids is 1. The van der Waals surface area contributed by atoms with Crippen LogP contribution in [0.5, 0.6) is 0 Å². The van der Waals surface area contributed by atoms with Crippen LogP contribution in [0.2, 0.25) is 0 Å². The Morgan fingerprint density at radius 2 is 1.96 bits per heavy atom.